The molecule has 0 aliphatic heterocycles. The highest BCUT2D eigenvalue weighted by molar-refractivity contribution is 8.02. The maximum atomic E-state index is 12.9. The molecule has 0 saturated heterocycles. The summed E-state index contributed by atoms with van der Waals surface area (Å²) in [5, 5.41) is 19.1. The van der Waals surface area contributed by atoms with Crippen molar-refractivity contribution in [2.24, 2.45) is 0 Å². The zero-order valence-electron chi connectivity index (χ0n) is 12.0. The molecule has 2 heterocycles. The van der Waals surface area contributed by atoms with E-state index in [1.807, 2.05) is 6.07 Å². The van der Waals surface area contributed by atoms with E-state index in [2.05, 4.69) is 4.98 Å². The highest BCUT2D eigenvalue weighted by Crippen LogP contribution is 2.40. The van der Waals surface area contributed by atoms with E-state index < -0.39 is 11.4 Å². The van der Waals surface area contributed by atoms with Crippen molar-refractivity contribution in [2.45, 2.75) is 4.21 Å². The molecule has 0 aliphatic carbocycles. The van der Waals surface area contributed by atoms with Crippen molar-refractivity contribution in [1.82, 2.24) is 4.98 Å². The van der Waals surface area contributed by atoms with Crippen LogP contribution in [0.5, 0.6) is 5.75 Å². The lowest BCUT2D eigenvalue weighted by molar-refractivity contribution is 0.102. The lowest BCUT2D eigenvalue weighted by Crippen LogP contribution is -2.03. The number of H-pyrrole nitrogens is 1. The van der Waals surface area contributed by atoms with E-state index in [0.717, 1.165) is 29.2 Å². The second kappa shape index (κ2) is 6.47. The molecule has 0 radical (unpaired) electrons. The van der Waals surface area contributed by atoms with E-state index in [4.69, 9.17) is 0 Å². The molecule has 120 valence electrons. The summed E-state index contributed by atoms with van der Waals surface area (Å²) in [5.41, 5.74) is 0.358. The first-order valence-electron chi connectivity index (χ1n) is 6.70. The van der Waals surface area contributed by atoms with Crippen LogP contribution in [0.3, 0.4) is 0 Å². The Morgan fingerprint density at radius 2 is 2.08 bits per heavy atom. The number of Topliss-reactive ketones (excluding diaryl/α,β-unsaturated/α-hetero) is 1. The van der Waals surface area contributed by atoms with Gasteiger partial charge in [-0.25, -0.2) is 4.39 Å². The van der Waals surface area contributed by atoms with Crippen LogP contribution in [0.15, 0.2) is 39.3 Å². The van der Waals surface area contributed by atoms with Gasteiger partial charge in [0, 0.05) is 11.6 Å². The Hall–Kier alpha value is -2.63. The maximum absolute atomic E-state index is 12.9. The van der Waals surface area contributed by atoms with Crippen molar-refractivity contribution in [3.8, 4) is 11.8 Å². The van der Waals surface area contributed by atoms with Crippen LogP contribution in [-0.4, -0.2) is 21.6 Å². The minimum Gasteiger partial charge on any atom is -0.506 e. The molecule has 0 bridgehead atoms. The molecule has 0 amide bonds. The number of carbonyl (C=O) groups excluding carboxylic acids is 1. The van der Waals surface area contributed by atoms with Crippen LogP contribution in [-0.2, 0) is 0 Å². The Labute approximate surface area is 143 Å². The minimum atomic E-state index is -0.506. The highest BCUT2D eigenvalue weighted by atomic mass is 32.2. The molecule has 0 fully saturated rings. The molecule has 1 aromatic carbocycles. The van der Waals surface area contributed by atoms with Crippen molar-refractivity contribution in [3.63, 3.8) is 0 Å². The van der Waals surface area contributed by atoms with Gasteiger partial charge >= 0.3 is 0 Å². The second-order valence-electron chi connectivity index (χ2n) is 4.82. The summed E-state index contributed by atoms with van der Waals surface area (Å²) < 4.78 is 13.8. The third-order valence-electron chi connectivity index (χ3n) is 3.24. The van der Waals surface area contributed by atoms with E-state index >= 15 is 0 Å². The van der Waals surface area contributed by atoms with Gasteiger partial charge in [0.2, 0.25) is 0 Å². The molecule has 2 N–H and O–H groups in total. The molecule has 3 aromatic rings. The Bertz CT molecular complexity index is 1030. The number of aromatic amines is 1. The third-order valence-corrected chi connectivity index (χ3v) is 5.72. The lowest BCUT2D eigenvalue weighted by Gasteiger charge is -2.00. The van der Waals surface area contributed by atoms with Gasteiger partial charge in [0.05, 0.1) is 20.2 Å². The monoisotopic (exact) mass is 360 g/mol. The van der Waals surface area contributed by atoms with Crippen LogP contribution in [0.4, 0.5) is 4.39 Å². The fraction of sp³-hybridized carbons (Fsp3) is 0.0625. The average molecular weight is 360 g/mol. The summed E-state index contributed by atoms with van der Waals surface area (Å²) in [6, 6.07) is 8.25. The number of pyridine rings is 1. The quantitative estimate of drug-likeness (QED) is 0.550. The lowest BCUT2D eigenvalue weighted by atomic mass is 10.1. The number of aromatic nitrogens is 1. The van der Waals surface area contributed by atoms with Gasteiger partial charge in [0.15, 0.2) is 5.78 Å². The first-order valence-corrected chi connectivity index (χ1v) is 8.50. The standard InChI is InChI=1S/C16H9FN2O3S2/c17-9-3-1-8(2-4-9)12(21)7-23-16-10(6-18)14-15(24-16)11(20)5-13(22)19-14/h1-5H,7H2,(H2,19,20,22). The Morgan fingerprint density at radius 1 is 1.38 bits per heavy atom. The molecule has 0 spiro atoms. The Balaban J connectivity index is 1.89. The number of nitrogens with zero attached hydrogens (tertiary/aromatic N) is 1. The van der Waals surface area contributed by atoms with Gasteiger partial charge in [-0.2, -0.15) is 5.26 Å². The number of hydrogen-bond donors (Lipinski definition) is 2. The number of nitrogens with one attached hydrogen (secondary N) is 1. The van der Waals surface area contributed by atoms with Gasteiger partial charge in [-0.05, 0) is 24.3 Å². The summed E-state index contributed by atoms with van der Waals surface area (Å²) in [6.45, 7) is 0. The fourth-order valence-electron chi connectivity index (χ4n) is 2.11. The van der Waals surface area contributed by atoms with E-state index in [1.54, 1.807) is 0 Å². The van der Waals surface area contributed by atoms with Crippen molar-refractivity contribution < 1.29 is 14.3 Å². The van der Waals surface area contributed by atoms with Crippen LogP contribution in [0, 0.1) is 17.1 Å². The zero-order chi connectivity index (χ0) is 17.3. The molecular weight excluding hydrogens is 351 g/mol. The number of halogens is 1. The molecule has 5 nitrogen and oxygen atoms in total. The Kier molecular flexibility index (Phi) is 4.38. The number of carbonyl (C=O) groups is 1. The molecule has 24 heavy (non-hydrogen) atoms. The van der Waals surface area contributed by atoms with Gasteiger partial charge in [-0.3, -0.25) is 9.59 Å². The predicted octanol–water partition coefficient (Wildman–Crippen LogP) is 3.28. The SMILES string of the molecule is N#Cc1c(SCC(=O)c2ccc(F)cc2)sc2c(O)cc(=O)[nH]c12. The number of ketones is 1. The second-order valence-corrected chi connectivity index (χ2v) is 7.08. The summed E-state index contributed by atoms with van der Waals surface area (Å²) in [7, 11) is 0. The number of hydrogen-bond acceptors (Lipinski definition) is 6. The first kappa shape index (κ1) is 16.2. The van der Waals surface area contributed by atoms with E-state index in [1.165, 1.54) is 24.3 Å². The van der Waals surface area contributed by atoms with Gasteiger partial charge in [-0.1, -0.05) is 0 Å². The zero-order valence-corrected chi connectivity index (χ0v) is 13.6. The topological polar surface area (TPSA) is 93.9 Å². The van der Waals surface area contributed by atoms with Crippen molar-refractivity contribution in [1.29, 1.82) is 5.26 Å². The van der Waals surface area contributed by atoms with Crippen LogP contribution < -0.4 is 5.56 Å². The molecule has 0 aliphatic rings. The average Bonchev–Trinajstić information content (AvgIpc) is 2.91. The minimum absolute atomic E-state index is 0.0537. The van der Waals surface area contributed by atoms with E-state index in [-0.39, 0.29) is 28.4 Å². The van der Waals surface area contributed by atoms with Gasteiger partial charge in [-0.15, -0.1) is 23.1 Å². The van der Waals surface area contributed by atoms with Crippen molar-refractivity contribution in [2.75, 3.05) is 5.75 Å². The highest BCUT2D eigenvalue weighted by Gasteiger charge is 2.18. The summed E-state index contributed by atoms with van der Waals surface area (Å²) in [4.78, 5) is 26.1. The summed E-state index contributed by atoms with van der Waals surface area (Å²) >= 11 is 2.27. The van der Waals surface area contributed by atoms with Gasteiger partial charge in [0.25, 0.3) is 5.56 Å². The number of nitriles is 1. The Morgan fingerprint density at radius 3 is 2.75 bits per heavy atom. The summed E-state index contributed by atoms with van der Waals surface area (Å²) in [6.07, 6.45) is 0. The van der Waals surface area contributed by atoms with E-state index in [9.17, 15) is 24.3 Å². The normalized spacial score (nSPS) is 10.7. The van der Waals surface area contributed by atoms with Crippen LogP contribution in [0.2, 0.25) is 0 Å². The fourth-order valence-corrected chi connectivity index (χ4v) is 4.35. The van der Waals surface area contributed by atoms with Crippen LogP contribution in [0.25, 0.3) is 10.2 Å². The summed E-state index contributed by atoms with van der Waals surface area (Å²) in [5.74, 6) is -0.779. The maximum Gasteiger partial charge on any atom is 0.252 e. The van der Waals surface area contributed by atoms with Crippen molar-refractivity contribution >= 4 is 39.1 Å². The largest absolute Gasteiger partial charge is 0.506 e. The number of thiophene rings is 1. The predicted molar refractivity (Wildman–Crippen MR) is 90.3 cm³/mol. The van der Waals surface area contributed by atoms with E-state index in [0.29, 0.717) is 14.5 Å². The molecular formula is C16H9FN2O3S2. The molecule has 8 heteroatoms. The smallest absolute Gasteiger partial charge is 0.252 e. The van der Waals surface area contributed by atoms with Crippen LogP contribution in [0.1, 0.15) is 15.9 Å². The number of thioether (sulfide) groups is 1. The third kappa shape index (κ3) is 3.04. The molecule has 2 aromatic heterocycles. The van der Waals surface area contributed by atoms with Gasteiger partial charge < -0.3 is 10.1 Å². The number of benzene rings is 1. The molecule has 3 rings (SSSR count). The number of rotatable bonds is 4. The first-order chi connectivity index (χ1) is 11.5. The van der Waals surface area contributed by atoms with Gasteiger partial charge in [0.1, 0.15) is 23.2 Å². The molecule has 0 unspecified atom stereocenters. The number of aromatic hydroxyl groups is 1. The number of fused-ring (bicyclic) bond motifs is 1. The molecule has 0 saturated carbocycles. The van der Waals surface area contributed by atoms with Crippen molar-refractivity contribution in [3.05, 3.63) is 57.6 Å². The molecule has 0 atom stereocenters. The van der Waals surface area contributed by atoms with Crippen LogP contribution >= 0.6 is 23.1 Å².